The summed E-state index contributed by atoms with van der Waals surface area (Å²) in [4.78, 5) is 12.3. The molecule has 0 unspecified atom stereocenters. The average Bonchev–Trinajstić information content (AvgIpc) is 2.62. The zero-order chi connectivity index (χ0) is 14.6. The number of carbonyl (C=O) groups is 1. The molecule has 4 nitrogen and oxygen atoms in total. The number of carbonyl (C=O) groups excluding carboxylic acids is 1. The van der Waals surface area contributed by atoms with Gasteiger partial charge in [0.15, 0.2) is 11.5 Å². The second-order valence-corrected chi connectivity index (χ2v) is 5.80. The van der Waals surface area contributed by atoms with E-state index >= 15 is 0 Å². The standard InChI is InChI=1S/C16H23NO3/c1-4-8-16(2,3)17-15(18)12-6-7-13-14(11-12)20-10-5-9-19-13/h6-7,11H,4-5,8-10H2,1-3H3,(H,17,18). The largest absolute Gasteiger partial charge is 0.490 e. The smallest absolute Gasteiger partial charge is 0.251 e. The number of rotatable bonds is 4. The van der Waals surface area contributed by atoms with Crippen molar-refractivity contribution in [3.05, 3.63) is 23.8 Å². The fourth-order valence-corrected chi connectivity index (χ4v) is 2.37. The van der Waals surface area contributed by atoms with Crippen LogP contribution in [0.25, 0.3) is 0 Å². The average molecular weight is 277 g/mol. The predicted octanol–water partition coefficient (Wildman–Crippen LogP) is 3.16. The first kappa shape index (κ1) is 14.7. The summed E-state index contributed by atoms with van der Waals surface area (Å²) in [5, 5.41) is 3.06. The van der Waals surface area contributed by atoms with Crippen LogP contribution >= 0.6 is 0 Å². The minimum atomic E-state index is -0.198. The van der Waals surface area contributed by atoms with E-state index in [1.54, 1.807) is 12.1 Å². The first-order valence-electron chi connectivity index (χ1n) is 7.24. The van der Waals surface area contributed by atoms with Gasteiger partial charge in [-0.15, -0.1) is 0 Å². The van der Waals surface area contributed by atoms with Crippen LogP contribution in [0.3, 0.4) is 0 Å². The molecule has 4 heteroatoms. The van der Waals surface area contributed by atoms with Crippen LogP contribution in [0.1, 0.15) is 50.4 Å². The maximum atomic E-state index is 12.3. The molecule has 2 rings (SSSR count). The molecule has 0 fully saturated rings. The summed E-state index contributed by atoms with van der Waals surface area (Å²) >= 11 is 0. The van der Waals surface area contributed by atoms with E-state index in [-0.39, 0.29) is 11.4 Å². The highest BCUT2D eigenvalue weighted by Gasteiger charge is 2.21. The van der Waals surface area contributed by atoms with Crippen LogP contribution in [0, 0.1) is 0 Å². The van der Waals surface area contributed by atoms with Gasteiger partial charge in [0, 0.05) is 17.5 Å². The summed E-state index contributed by atoms with van der Waals surface area (Å²) in [5.74, 6) is 1.30. The number of nitrogens with one attached hydrogen (secondary N) is 1. The van der Waals surface area contributed by atoms with Gasteiger partial charge < -0.3 is 14.8 Å². The lowest BCUT2D eigenvalue weighted by Crippen LogP contribution is -2.43. The van der Waals surface area contributed by atoms with Crippen molar-refractivity contribution in [2.75, 3.05) is 13.2 Å². The summed E-state index contributed by atoms with van der Waals surface area (Å²) in [5.41, 5.74) is 0.411. The third-order valence-corrected chi connectivity index (χ3v) is 3.34. The van der Waals surface area contributed by atoms with Gasteiger partial charge in [0.25, 0.3) is 5.91 Å². The summed E-state index contributed by atoms with van der Waals surface area (Å²) in [6, 6.07) is 5.35. The van der Waals surface area contributed by atoms with Gasteiger partial charge in [-0.25, -0.2) is 0 Å². The van der Waals surface area contributed by atoms with Crippen molar-refractivity contribution in [1.82, 2.24) is 5.32 Å². The molecule has 0 atom stereocenters. The highest BCUT2D eigenvalue weighted by atomic mass is 16.5. The van der Waals surface area contributed by atoms with Crippen molar-refractivity contribution in [1.29, 1.82) is 0 Å². The van der Waals surface area contributed by atoms with E-state index in [1.165, 1.54) is 0 Å². The zero-order valence-electron chi connectivity index (χ0n) is 12.5. The monoisotopic (exact) mass is 277 g/mol. The lowest BCUT2D eigenvalue weighted by molar-refractivity contribution is 0.0908. The minimum absolute atomic E-state index is 0.0703. The molecule has 0 spiro atoms. The van der Waals surface area contributed by atoms with E-state index in [0.29, 0.717) is 30.3 Å². The van der Waals surface area contributed by atoms with Gasteiger partial charge in [0.05, 0.1) is 13.2 Å². The van der Waals surface area contributed by atoms with Crippen molar-refractivity contribution in [2.45, 2.75) is 45.6 Å². The summed E-state index contributed by atoms with van der Waals surface area (Å²) in [7, 11) is 0. The molecule has 0 radical (unpaired) electrons. The third-order valence-electron chi connectivity index (χ3n) is 3.34. The molecule has 1 aromatic carbocycles. The van der Waals surface area contributed by atoms with E-state index in [4.69, 9.17) is 9.47 Å². The van der Waals surface area contributed by atoms with Gasteiger partial charge >= 0.3 is 0 Å². The Morgan fingerprint density at radius 3 is 2.65 bits per heavy atom. The Kier molecular flexibility index (Phi) is 4.53. The van der Waals surface area contributed by atoms with Crippen molar-refractivity contribution >= 4 is 5.91 Å². The molecule has 0 aromatic heterocycles. The third kappa shape index (κ3) is 3.65. The number of benzene rings is 1. The second kappa shape index (κ2) is 6.16. The zero-order valence-corrected chi connectivity index (χ0v) is 12.5. The molecule has 1 heterocycles. The lowest BCUT2D eigenvalue weighted by Gasteiger charge is -2.25. The van der Waals surface area contributed by atoms with E-state index in [2.05, 4.69) is 12.2 Å². The number of ether oxygens (including phenoxy) is 2. The molecule has 1 N–H and O–H groups in total. The van der Waals surface area contributed by atoms with Crippen LogP contribution in [-0.4, -0.2) is 24.7 Å². The number of fused-ring (bicyclic) bond motifs is 1. The topological polar surface area (TPSA) is 47.6 Å². The molecule has 0 saturated heterocycles. The molecule has 1 amide bonds. The fourth-order valence-electron chi connectivity index (χ4n) is 2.37. The Morgan fingerprint density at radius 1 is 1.25 bits per heavy atom. The van der Waals surface area contributed by atoms with Crippen LogP contribution in [-0.2, 0) is 0 Å². The molecule has 20 heavy (non-hydrogen) atoms. The Morgan fingerprint density at radius 2 is 1.95 bits per heavy atom. The molecule has 110 valence electrons. The Hall–Kier alpha value is -1.71. The maximum Gasteiger partial charge on any atom is 0.251 e. The first-order chi connectivity index (χ1) is 9.52. The number of hydrogen-bond acceptors (Lipinski definition) is 3. The molecular formula is C16H23NO3. The van der Waals surface area contributed by atoms with Crippen molar-refractivity contribution < 1.29 is 14.3 Å². The lowest BCUT2D eigenvalue weighted by atomic mass is 9.98. The first-order valence-corrected chi connectivity index (χ1v) is 7.24. The van der Waals surface area contributed by atoms with Gasteiger partial charge in [0.1, 0.15) is 0 Å². The Labute approximate surface area is 120 Å². The second-order valence-electron chi connectivity index (χ2n) is 5.80. The molecule has 1 aliphatic heterocycles. The van der Waals surface area contributed by atoms with Crippen molar-refractivity contribution in [3.63, 3.8) is 0 Å². The van der Waals surface area contributed by atoms with Crippen LogP contribution in [0.2, 0.25) is 0 Å². The molecule has 0 aliphatic carbocycles. The number of amides is 1. The summed E-state index contributed by atoms with van der Waals surface area (Å²) in [6.07, 6.45) is 2.84. The van der Waals surface area contributed by atoms with E-state index < -0.39 is 0 Å². The molecule has 0 saturated carbocycles. The summed E-state index contributed by atoms with van der Waals surface area (Å²) < 4.78 is 11.2. The minimum Gasteiger partial charge on any atom is -0.490 e. The van der Waals surface area contributed by atoms with Crippen LogP contribution in [0.5, 0.6) is 11.5 Å². The van der Waals surface area contributed by atoms with E-state index in [0.717, 1.165) is 19.3 Å². The SMILES string of the molecule is CCCC(C)(C)NC(=O)c1ccc2c(c1)OCCCO2. The highest BCUT2D eigenvalue weighted by molar-refractivity contribution is 5.95. The number of hydrogen-bond donors (Lipinski definition) is 1. The molecular weight excluding hydrogens is 254 g/mol. The van der Waals surface area contributed by atoms with Gasteiger partial charge in [-0.3, -0.25) is 4.79 Å². The van der Waals surface area contributed by atoms with E-state index in [9.17, 15) is 4.79 Å². The molecule has 1 aliphatic rings. The van der Waals surface area contributed by atoms with Crippen LogP contribution in [0.4, 0.5) is 0 Å². The van der Waals surface area contributed by atoms with Crippen LogP contribution < -0.4 is 14.8 Å². The van der Waals surface area contributed by atoms with Gasteiger partial charge in [0.2, 0.25) is 0 Å². The van der Waals surface area contributed by atoms with Gasteiger partial charge in [-0.1, -0.05) is 13.3 Å². The normalized spacial score (nSPS) is 14.6. The van der Waals surface area contributed by atoms with Crippen molar-refractivity contribution in [2.24, 2.45) is 0 Å². The molecule has 0 bridgehead atoms. The summed E-state index contributed by atoms with van der Waals surface area (Å²) in [6.45, 7) is 7.47. The Balaban J connectivity index is 2.13. The molecule has 1 aromatic rings. The van der Waals surface area contributed by atoms with Crippen molar-refractivity contribution in [3.8, 4) is 11.5 Å². The van der Waals surface area contributed by atoms with Gasteiger partial charge in [-0.2, -0.15) is 0 Å². The maximum absolute atomic E-state index is 12.3. The van der Waals surface area contributed by atoms with E-state index in [1.807, 2.05) is 19.9 Å². The predicted molar refractivity (Wildman–Crippen MR) is 78.5 cm³/mol. The van der Waals surface area contributed by atoms with Gasteiger partial charge in [-0.05, 0) is 38.5 Å². The Bertz CT molecular complexity index is 483. The van der Waals surface area contributed by atoms with Crippen LogP contribution in [0.15, 0.2) is 18.2 Å². The highest BCUT2D eigenvalue weighted by Crippen LogP contribution is 2.30. The quantitative estimate of drug-likeness (QED) is 0.919. The fraction of sp³-hybridized carbons (Fsp3) is 0.562.